The molecule has 2 aromatic carbocycles. The molecular weight excluding hydrogens is 497 g/mol. The van der Waals surface area contributed by atoms with Crippen LogP contribution >= 0.6 is 24.0 Å². The summed E-state index contributed by atoms with van der Waals surface area (Å²) < 4.78 is 22.1. The molecule has 0 radical (unpaired) electrons. The van der Waals surface area contributed by atoms with Crippen molar-refractivity contribution >= 4 is 29.9 Å². The molecular formula is C22H32IN3O4. The summed E-state index contributed by atoms with van der Waals surface area (Å²) >= 11 is 0. The maximum Gasteiger partial charge on any atom is 0.203 e. The van der Waals surface area contributed by atoms with Crippen LogP contribution in [0.15, 0.2) is 47.5 Å². The molecule has 0 bridgehead atoms. The highest BCUT2D eigenvalue weighted by molar-refractivity contribution is 14.0. The van der Waals surface area contributed by atoms with Crippen LogP contribution < -0.4 is 29.6 Å². The Balaban J connectivity index is 0.00000450. The lowest BCUT2D eigenvalue weighted by atomic mass is 10.2. The number of guanidine groups is 1. The second-order valence-electron chi connectivity index (χ2n) is 6.35. The minimum Gasteiger partial charge on any atom is -0.493 e. The summed E-state index contributed by atoms with van der Waals surface area (Å²) in [5.74, 6) is 3.35. The minimum atomic E-state index is -0.0116. The fraction of sp³-hybridized carbons (Fsp3) is 0.409. The van der Waals surface area contributed by atoms with Gasteiger partial charge in [0, 0.05) is 6.54 Å². The first kappa shape index (κ1) is 25.7. The second-order valence-corrected chi connectivity index (χ2v) is 6.35. The van der Waals surface area contributed by atoms with Crippen molar-refractivity contribution < 1.29 is 18.9 Å². The molecule has 0 heterocycles. The molecule has 7 nitrogen and oxygen atoms in total. The Morgan fingerprint density at radius 1 is 0.967 bits per heavy atom. The highest BCUT2D eigenvalue weighted by Crippen LogP contribution is 2.38. The van der Waals surface area contributed by atoms with Gasteiger partial charge in [-0.1, -0.05) is 18.2 Å². The number of methoxy groups -OCH3 is 3. The molecule has 0 spiro atoms. The molecule has 0 aromatic heterocycles. The molecule has 0 saturated carbocycles. The molecule has 1 unspecified atom stereocenters. The molecule has 2 aromatic rings. The van der Waals surface area contributed by atoms with Gasteiger partial charge in [0.2, 0.25) is 5.75 Å². The molecule has 2 N–H and O–H groups in total. The summed E-state index contributed by atoms with van der Waals surface area (Å²) in [6.45, 7) is 5.88. The normalized spacial score (nSPS) is 11.7. The summed E-state index contributed by atoms with van der Waals surface area (Å²) in [5.41, 5.74) is 0.949. The van der Waals surface area contributed by atoms with E-state index >= 15 is 0 Å². The molecule has 0 aliphatic rings. The molecule has 166 valence electrons. The van der Waals surface area contributed by atoms with Crippen molar-refractivity contribution in [3.63, 3.8) is 0 Å². The van der Waals surface area contributed by atoms with E-state index in [1.165, 1.54) is 0 Å². The number of ether oxygens (including phenoxy) is 4. The molecule has 0 saturated heterocycles. The van der Waals surface area contributed by atoms with Gasteiger partial charge in [-0.25, -0.2) is 4.99 Å². The van der Waals surface area contributed by atoms with Gasteiger partial charge in [0.15, 0.2) is 17.5 Å². The summed E-state index contributed by atoms with van der Waals surface area (Å²) in [4.78, 5) is 4.66. The average molecular weight is 529 g/mol. The molecule has 30 heavy (non-hydrogen) atoms. The van der Waals surface area contributed by atoms with Gasteiger partial charge in [0.1, 0.15) is 11.9 Å². The van der Waals surface area contributed by atoms with Crippen molar-refractivity contribution in [2.45, 2.75) is 26.5 Å². The van der Waals surface area contributed by atoms with Gasteiger partial charge < -0.3 is 29.6 Å². The van der Waals surface area contributed by atoms with Crippen molar-refractivity contribution in [1.29, 1.82) is 0 Å². The van der Waals surface area contributed by atoms with Crippen LogP contribution in [-0.2, 0) is 6.54 Å². The topological polar surface area (TPSA) is 73.3 Å². The van der Waals surface area contributed by atoms with E-state index in [0.717, 1.165) is 17.9 Å². The van der Waals surface area contributed by atoms with Gasteiger partial charge in [-0.2, -0.15) is 0 Å². The SMILES string of the molecule is CCNC(=NCc1cc(OC)c(OC)c(OC)c1)NCC(C)Oc1ccccc1.I. The zero-order valence-electron chi connectivity index (χ0n) is 18.2. The number of benzene rings is 2. The lowest BCUT2D eigenvalue weighted by molar-refractivity contribution is 0.224. The average Bonchev–Trinajstić information content (AvgIpc) is 2.75. The second kappa shape index (κ2) is 13.8. The lowest BCUT2D eigenvalue weighted by Crippen LogP contribution is -2.41. The first-order valence-electron chi connectivity index (χ1n) is 9.64. The van der Waals surface area contributed by atoms with E-state index in [-0.39, 0.29) is 30.1 Å². The zero-order valence-corrected chi connectivity index (χ0v) is 20.6. The van der Waals surface area contributed by atoms with Crippen molar-refractivity contribution in [3.05, 3.63) is 48.0 Å². The standard InChI is InChI=1S/C22H31N3O4.HI/c1-6-23-22(24-14-16(2)29-18-10-8-7-9-11-18)25-15-17-12-19(26-3)21(28-5)20(13-17)27-4;/h7-13,16H,6,14-15H2,1-5H3,(H2,23,24,25);1H. The maximum atomic E-state index is 5.90. The number of hydrogen-bond acceptors (Lipinski definition) is 5. The summed E-state index contributed by atoms with van der Waals surface area (Å²) in [6.07, 6.45) is -0.0116. The van der Waals surface area contributed by atoms with Gasteiger partial charge >= 0.3 is 0 Å². The van der Waals surface area contributed by atoms with Gasteiger partial charge in [-0.15, -0.1) is 24.0 Å². The third kappa shape index (κ3) is 7.81. The quantitative estimate of drug-likeness (QED) is 0.277. The Hall–Kier alpha value is -2.36. The van der Waals surface area contributed by atoms with Gasteiger partial charge in [0.05, 0.1) is 34.4 Å². The summed E-state index contributed by atoms with van der Waals surface area (Å²) in [7, 11) is 4.79. The van der Waals surface area contributed by atoms with E-state index in [1.54, 1.807) is 21.3 Å². The van der Waals surface area contributed by atoms with Crippen LogP contribution in [0.3, 0.4) is 0 Å². The third-order valence-corrected chi connectivity index (χ3v) is 4.13. The van der Waals surface area contributed by atoms with Crippen LogP contribution in [-0.4, -0.2) is 46.5 Å². The van der Waals surface area contributed by atoms with E-state index in [1.807, 2.05) is 56.3 Å². The van der Waals surface area contributed by atoms with Crippen LogP contribution in [0.1, 0.15) is 19.4 Å². The van der Waals surface area contributed by atoms with Crippen molar-refractivity contribution in [1.82, 2.24) is 10.6 Å². The Morgan fingerprint density at radius 2 is 1.60 bits per heavy atom. The minimum absolute atomic E-state index is 0. The van der Waals surface area contributed by atoms with Gasteiger partial charge in [-0.05, 0) is 43.7 Å². The van der Waals surface area contributed by atoms with Crippen LogP contribution in [0.4, 0.5) is 0 Å². The Morgan fingerprint density at radius 3 is 2.13 bits per heavy atom. The molecule has 1 atom stereocenters. The number of hydrogen-bond donors (Lipinski definition) is 2. The number of rotatable bonds is 10. The van der Waals surface area contributed by atoms with Crippen LogP contribution in [0, 0.1) is 0 Å². The maximum absolute atomic E-state index is 5.90. The number of nitrogens with one attached hydrogen (secondary N) is 2. The first-order chi connectivity index (χ1) is 14.1. The largest absolute Gasteiger partial charge is 0.493 e. The lowest BCUT2D eigenvalue weighted by Gasteiger charge is -2.18. The monoisotopic (exact) mass is 529 g/mol. The van der Waals surface area contributed by atoms with Crippen molar-refractivity contribution in [2.24, 2.45) is 4.99 Å². The Kier molecular flexibility index (Phi) is 11.8. The Bertz CT molecular complexity index is 762. The van der Waals surface area contributed by atoms with Gasteiger partial charge in [-0.3, -0.25) is 0 Å². The van der Waals surface area contributed by atoms with E-state index < -0.39 is 0 Å². The predicted molar refractivity (Wildman–Crippen MR) is 131 cm³/mol. The molecule has 8 heteroatoms. The first-order valence-corrected chi connectivity index (χ1v) is 9.64. The predicted octanol–water partition coefficient (Wildman–Crippen LogP) is 3.85. The van der Waals surface area contributed by atoms with E-state index in [9.17, 15) is 0 Å². The smallest absolute Gasteiger partial charge is 0.203 e. The highest BCUT2D eigenvalue weighted by atomic mass is 127. The molecule has 0 amide bonds. The zero-order chi connectivity index (χ0) is 21.1. The molecule has 0 aliphatic carbocycles. The molecule has 2 rings (SSSR count). The summed E-state index contributed by atoms with van der Waals surface area (Å²) in [6, 6.07) is 13.6. The van der Waals surface area contributed by atoms with E-state index in [0.29, 0.717) is 36.3 Å². The highest BCUT2D eigenvalue weighted by Gasteiger charge is 2.13. The van der Waals surface area contributed by atoms with E-state index in [2.05, 4.69) is 15.6 Å². The molecule has 0 aliphatic heterocycles. The molecule has 0 fully saturated rings. The van der Waals surface area contributed by atoms with Gasteiger partial charge in [0.25, 0.3) is 0 Å². The number of aliphatic imine (C=N–C) groups is 1. The summed E-state index contributed by atoms with van der Waals surface area (Å²) in [5, 5.41) is 6.57. The van der Waals surface area contributed by atoms with Crippen LogP contribution in [0.5, 0.6) is 23.0 Å². The fourth-order valence-corrected chi connectivity index (χ4v) is 2.75. The van der Waals surface area contributed by atoms with Crippen molar-refractivity contribution in [3.8, 4) is 23.0 Å². The number of nitrogens with zero attached hydrogens (tertiary/aromatic N) is 1. The van der Waals surface area contributed by atoms with Crippen LogP contribution in [0.25, 0.3) is 0 Å². The third-order valence-electron chi connectivity index (χ3n) is 4.13. The fourth-order valence-electron chi connectivity index (χ4n) is 2.75. The number of para-hydroxylation sites is 1. The number of halogens is 1. The van der Waals surface area contributed by atoms with Crippen LogP contribution in [0.2, 0.25) is 0 Å². The van der Waals surface area contributed by atoms with E-state index in [4.69, 9.17) is 18.9 Å². The van der Waals surface area contributed by atoms with Crippen molar-refractivity contribution in [2.75, 3.05) is 34.4 Å². The Labute approximate surface area is 196 Å².